The molecule has 0 saturated carbocycles. The number of hydrogen-bond donors (Lipinski definition) is 2. The van der Waals surface area contributed by atoms with Gasteiger partial charge in [-0.25, -0.2) is 14.2 Å². The van der Waals surface area contributed by atoms with E-state index in [2.05, 4.69) is 4.98 Å². The predicted octanol–water partition coefficient (Wildman–Crippen LogP) is 3.25. The lowest BCUT2D eigenvalue weighted by molar-refractivity contribution is -0.137. The van der Waals surface area contributed by atoms with Gasteiger partial charge < -0.3 is 14.8 Å². The van der Waals surface area contributed by atoms with Gasteiger partial charge in [-0.15, -0.1) is 0 Å². The van der Waals surface area contributed by atoms with E-state index in [1.165, 1.54) is 40.6 Å². The number of aliphatic carboxylic acids is 1. The van der Waals surface area contributed by atoms with Crippen LogP contribution in [0.4, 0.5) is 4.39 Å². The normalized spacial score (nSPS) is 10.9. The number of carboxylic acids is 2. The summed E-state index contributed by atoms with van der Waals surface area (Å²) in [4.78, 5) is 26.5. The summed E-state index contributed by atoms with van der Waals surface area (Å²) in [5.74, 6) is -2.08. The molecule has 1 aromatic heterocycles. The molecule has 25 heavy (non-hydrogen) atoms. The average molecular weight is 360 g/mol. The van der Waals surface area contributed by atoms with E-state index in [1.807, 2.05) is 0 Å². The Kier molecular flexibility index (Phi) is 4.71. The summed E-state index contributed by atoms with van der Waals surface area (Å²) < 4.78 is 14.9. The number of carboxylic acid groups (broad SMARTS) is 2. The zero-order chi connectivity index (χ0) is 18.0. The molecule has 3 aromatic rings. The molecule has 0 aliphatic rings. The molecule has 0 unspecified atom stereocenters. The van der Waals surface area contributed by atoms with Gasteiger partial charge in [-0.2, -0.15) is 0 Å². The number of nitrogens with zero attached hydrogens (tertiary/aromatic N) is 2. The van der Waals surface area contributed by atoms with Crippen molar-refractivity contribution in [2.45, 2.75) is 17.5 Å². The summed E-state index contributed by atoms with van der Waals surface area (Å²) in [6, 6.07) is 10.5. The van der Waals surface area contributed by atoms with Crippen LogP contribution in [0.15, 0.2) is 47.6 Å². The summed E-state index contributed by atoms with van der Waals surface area (Å²) in [7, 11) is 0. The minimum Gasteiger partial charge on any atom is -0.480 e. The molecule has 0 aliphatic heterocycles. The second kappa shape index (κ2) is 6.94. The minimum atomic E-state index is -1.03. The maximum Gasteiger partial charge on any atom is 0.335 e. The molecule has 0 saturated heterocycles. The molecule has 3 rings (SSSR count). The van der Waals surface area contributed by atoms with Crippen molar-refractivity contribution in [2.75, 3.05) is 0 Å². The second-order valence-electron chi connectivity index (χ2n) is 5.30. The molecule has 0 bridgehead atoms. The zero-order valence-electron chi connectivity index (χ0n) is 12.8. The molecular weight excluding hydrogens is 347 g/mol. The fourth-order valence-corrected chi connectivity index (χ4v) is 3.38. The largest absolute Gasteiger partial charge is 0.480 e. The summed E-state index contributed by atoms with van der Waals surface area (Å²) >= 11 is 1.27. The van der Waals surface area contributed by atoms with Crippen LogP contribution in [0, 0.1) is 5.82 Å². The van der Waals surface area contributed by atoms with E-state index >= 15 is 0 Å². The number of aromatic carboxylic acids is 1. The van der Waals surface area contributed by atoms with Gasteiger partial charge in [0.15, 0.2) is 5.16 Å². The molecule has 0 fully saturated rings. The highest BCUT2D eigenvalue weighted by Crippen LogP contribution is 2.27. The fraction of sp³-hybridized carbons (Fsp3) is 0.118. The summed E-state index contributed by atoms with van der Waals surface area (Å²) in [5.41, 5.74) is 1.86. The molecule has 0 radical (unpaired) electrons. The predicted molar refractivity (Wildman–Crippen MR) is 90.3 cm³/mol. The number of halogens is 1. The van der Waals surface area contributed by atoms with Gasteiger partial charge in [-0.3, -0.25) is 4.79 Å². The van der Waals surface area contributed by atoms with Crippen LogP contribution in [0.5, 0.6) is 0 Å². The third kappa shape index (κ3) is 3.80. The van der Waals surface area contributed by atoms with Crippen LogP contribution in [0.1, 0.15) is 15.9 Å². The van der Waals surface area contributed by atoms with Gasteiger partial charge in [0, 0.05) is 11.8 Å². The van der Waals surface area contributed by atoms with E-state index in [0.29, 0.717) is 21.9 Å². The number of imidazole rings is 1. The lowest BCUT2D eigenvalue weighted by Crippen LogP contribution is -2.09. The van der Waals surface area contributed by atoms with Crippen molar-refractivity contribution in [3.63, 3.8) is 0 Å². The minimum absolute atomic E-state index is 0.180. The standard InChI is InChI=1S/C17H13FN2O4S/c18-12-4-5-14-13(7-12)19-17(20(14)8-15(21)22)25-9-10-2-1-3-11(6-10)16(23)24/h1-7H,8-9H2,(H,21,22)(H,23,24). The van der Waals surface area contributed by atoms with Crippen LogP contribution in [0.25, 0.3) is 11.0 Å². The van der Waals surface area contributed by atoms with Gasteiger partial charge in [-0.1, -0.05) is 23.9 Å². The molecule has 6 nitrogen and oxygen atoms in total. The monoisotopic (exact) mass is 360 g/mol. The number of fused-ring (bicyclic) bond motifs is 1. The Bertz CT molecular complexity index is 970. The van der Waals surface area contributed by atoms with E-state index in [0.717, 1.165) is 5.56 Å². The van der Waals surface area contributed by atoms with E-state index in [-0.39, 0.29) is 12.1 Å². The average Bonchev–Trinajstić information content (AvgIpc) is 2.89. The van der Waals surface area contributed by atoms with Crippen LogP contribution in [0.2, 0.25) is 0 Å². The highest BCUT2D eigenvalue weighted by atomic mass is 32.2. The Balaban J connectivity index is 1.91. The first kappa shape index (κ1) is 17.0. The smallest absolute Gasteiger partial charge is 0.335 e. The molecule has 8 heteroatoms. The van der Waals surface area contributed by atoms with Crippen molar-refractivity contribution in [3.05, 3.63) is 59.4 Å². The molecule has 128 valence electrons. The number of benzene rings is 2. The summed E-state index contributed by atoms with van der Waals surface area (Å²) in [6.07, 6.45) is 0. The quantitative estimate of drug-likeness (QED) is 0.656. The fourth-order valence-electron chi connectivity index (χ4n) is 2.42. The molecule has 0 aliphatic carbocycles. The first-order valence-corrected chi connectivity index (χ1v) is 8.25. The van der Waals surface area contributed by atoms with Gasteiger partial charge in [0.05, 0.1) is 16.6 Å². The third-order valence-electron chi connectivity index (χ3n) is 3.51. The van der Waals surface area contributed by atoms with Crippen molar-refractivity contribution in [1.29, 1.82) is 0 Å². The van der Waals surface area contributed by atoms with Crippen molar-refractivity contribution in [1.82, 2.24) is 9.55 Å². The van der Waals surface area contributed by atoms with Crippen molar-refractivity contribution in [3.8, 4) is 0 Å². The molecule has 0 spiro atoms. The molecule has 2 N–H and O–H groups in total. The molecular formula is C17H13FN2O4S. The summed E-state index contributed by atoms with van der Waals surface area (Å²) in [6.45, 7) is -0.292. The Labute approximate surface area is 145 Å². The van der Waals surface area contributed by atoms with Crippen LogP contribution in [-0.2, 0) is 17.1 Å². The number of hydrogen-bond acceptors (Lipinski definition) is 4. The first-order valence-electron chi connectivity index (χ1n) is 7.26. The van der Waals surface area contributed by atoms with E-state index < -0.39 is 17.8 Å². The number of carbonyl (C=O) groups is 2. The van der Waals surface area contributed by atoms with Crippen molar-refractivity contribution in [2.24, 2.45) is 0 Å². The van der Waals surface area contributed by atoms with E-state index in [1.54, 1.807) is 18.2 Å². The Morgan fingerprint density at radius 1 is 1.16 bits per heavy atom. The molecule has 0 amide bonds. The molecule has 1 heterocycles. The van der Waals surface area contributed by atoms with Crippen LogP contribution in [0.3, 0.4) is 0 Å². The zero-order valence-corrected chi connectivity index (χ0v) is 13.7. The maximum absolute atomic E-state index is 13.4. The topological polar surface area (TPSA) is 92.4 Å². The van der Waals surface area contributed by atoms with Gasteiger partial charge in [0.1, 0.15) is 12.4 Å². The Hall–Kier alpha value is -2.87. The number of rotatable bonds is 6. The van der Waals surface area contributed by atoms with Gasteiger partial charge in [0.2, 0.25) is 0 Å². The first-order chi connectivity index (χ1) is 11.9. The SMILES string of the molecule is O=C(O)Cn1c(SCc2cccc(C(=O)O)c2)nc2cc(F)ccc21. The van der Waals surface area contributed by atoms with Crippen LogP contribution >= 0.6 is 11.8 Å². The Morgan fingerprint density at radius 3 is 2.68 bits per heavy atom. The highest BCUT2D eigenvalue weighted by molar-refractivity contribution is 7.98. The lowest BCUT2D eigenvalue weighted by atomic mass is 10.1. The molecule has 2 aromatic carbocycles. The van der Waals surface area contributed by atoms with Gasteiger partial charge in [-0.05, 0) is 29.8 Å². The second-order valence-corrected chi connectivity index (χ2v) is 6.24. The number of thioether (sulfide) groups is 1. The van der Waals surface area contributed by atoms with Gasteiger partial charge >= 0.3 is 11.9 Å². The third-order valence-corrected chi connectivity index (χ3v) is 4.56. The van der Waals surface area contributed by atoms with Crippen LogP contribution < -0.4 is 0 Å². The van der Waals surface area contributed by atoms with E-state index in [4.69, 9.17) is 10.2 Å². The summed E-state index contributed by atoms with van der Waals surface area (Å²) in [5, 5.41) is 18.6. The Morgan fingerprint density at radius 2 is 1.96 bits per heavy atom. The van der Waals surface area contributed by atoms with Crippen molar-refractivity contribution < 1.29 is 24.2 Å². The number of aromatic nitrogens is 2. The maximum atomic E-state index is 13.4. The van der Waals surface area contributed by atoms with E-state index in [9.17, 15) is 14.0 Å². The van der Waals surface area contributed by atoms with Crippen LogP contribution in [-0.4, -0.2) is 31.7 Å². The molecule has 0 atom stereocenters. The van der Waals surface area contributed by atoms with Crippen molar-refractivity contribution >= 4 is 34.7 Å². The highest BCUT2D eigenvalue weighted by Gasteiger charge is 2.15. The lowest BCUT2D eigenvalue weighted by Gasteiger charge is -2.06. The van der Waals surface area contributed by atoms with Gasteiger partial charge in [0.25, 0.3) is 0 Å².